The van der Waals surface area contributed by atoms with E-state index in [4.69, 9.17) is 0 Å². The Morgan fingerprint density at radius 2 is 1.41 bits per heavy atom. The van der Waals surface area contributed by atoms with Crippen molar-refractivity contribution in [1.82, 2.24) is 0 Å². The summed E-state index contributed by atoms with van der Waals surface area (Å²) in [5, 5.41) is 3.66. The quantitative estimate of drug-likeness (QED) is 0.542. The Kier molecular flexibility index (Phi) is 4.45. The molecule has 27 heavy (non-hydrogen) atoms. The minimum absolute atomic E-state index is 0.159. The van der Waals surface area contributed by atoms with Crippen molar-refractivity contribution in [3.05, 3.63) is 108 Å². The highest BCUT2D eigenvalue weighted by atomic mass is 14.9. The zero-order valence-corrected chi connectivity index (χ0v) is 16.0. The van der Waals surface area contributed by atoms with Gasteiger partial charge in [-0.25, -0.2) is 0 Å². The van der Waals surface area contributed by atoms with Crippen LogP contribution in [0.5, 0.6) is 0 Å². The molecule has 1 heterocycles. The third-order valence-electron chi connectivity index (χ3n) is 5.57. The minimum Gasteiger partial charge on any atom is -0.381 e. The van der Waals surface area contributed by atoms with Gasteiger partial charge in [0, 0.05) is 17.6 Å². The van der Waals surface area contributed by atoms with Crippen LogP contribution >= 0.6 is 0 Å². The van der Waals surface area contributed by atoms with E-state index in [2.05, 4.69) is 111 Å². The average Bonchev–Trinajstić information content (AvgIpc) is 2.71. The number of allylic oxidation sites excluding steroid dienone is 2. The van der Waals surface area contributed by atoms with Crippen LogP contribution < -0.4 is 5.32 Å². The third-order valence-corrected chi connectivity index (χ3v) is 5.57. The molecule has 1 aliphatic heterocycles. The fraction of sp³-hybridized carbons (Fsp3) is 0.154. The number of anilines is 1. The Balaban J connectivity index is 1.78. The molecule has 0 fully saturated rings. The van der Waals surface area contributed by atoms with Crippen molar-refractivity contribution in [2.45, 2.75) is 19.3 Å². The Morgan fingerprint density at radius 1 is 0.778 bits per heavy atom. The summed E-state index contributed by atoms with van der Waals surface area (Å²) in [7, 11) is 0. The van der Waals surface area contributed by atoms with Crippen LogP contribution in [0.1, 0.15) is 25.0 Å². The van der Waals surface area contributed by atoms with Crippen molar-refractivity contribution >= 4 is 11.3 Å². The number of fused-ring (bicyclic) bond motifs is 1. The fourth-order valence-electron chi connectivity index (χ4n) is 3.67. The molecule has 0 atom stereocenters. The van der Waals surface area contributed by atoms with Crippen LogP contribution in [0.4, 0.5) is 5.69 Å². The first-order valence-electron chi connectivity index (χ1n) is 9.45. The standard InChI is InChI=1S/C26H25N/c1-19-16-23(21-12-8-5-9-13-21)18-27-25-15-14-22(17-24(25)26(19,2)3)20-10-6-4-7-11-20/h4-17,27H,1,18H2,2-3H3/b23-16+. The summed E-state index contributed by atoms with van der Waals surface area (Å²) in [5.41, 5.74) is 8.44. The zero-order chi connectivity index (χ0) is 18.9. The number of rotatable bonds is 2. The normalized spacial score (nSPS) is 17.7. The predicted octanol–water partition coefficient (Wildman–Crippen LogP) is 6.70. The summed E-state index contributed by atoms with van der Waals surface area (Å²) in [5.74, 6) is 0. The van der Waals surface area contributed by atoms with E-state index >= 15 is 0 Å². The minimum atomic E-state index is -0.159. The van der Waals surface area contributed by atoms with Gasteiger partial charge < -0.3 is 5.32 Å². The first-order chi connectivity index (χ1) is 13.1. The van der Waals surface area contributed by atoms with Crippen molar-refractivity contribution in [2.24, 2.45) is 0 Å². The van der Waals surface area contributed by atoms with E-state index in [0.29, 0.717) is 0 Å². The molecule has 1 heteroatoms. The largest absolute Gasteiger partial charge is 0.381 e. The lowest BCUT2D eigenvalue weighted by atomic mass is 9.75. The molecule has 4 rings (SSSR count). The van der Waals surface area contributed by atoms with E-state index < -0.39 is 0 Å². The first kappa shape index (κ1) is 17.4. The van der Waals surface area contributed by atoms with Crippen molar-refractivity contribution in [2.75, 3.05) is 11.9 Å². The zero-order valence-electron chi connectivity index (χ0n) is 16.0. The van der Waals surface area contributed by atoms with Gasteiger partial charge in [0.05, 0.1) is 0 Å². The highest BCUT2D eigenvalue weighted by Crippen LogP contribution is 2.41. The van der Waals surface area contributed by atoms with Gasteiger partial charge in [0.25, 0.3) is 0 Å². The highest BCUT2D eigenvalue weighted by molar-refractivity contribution is 5.77. The summed E-state index contributed by atoms with van der Waals surface area (Å²) in [4.78, 5) is 0. The molecule has 0 bridgehead atoms. The van der Waals surface area contributed by atoms with Gasteiger partial charge in [0.2, 0.25) is 0 Å². The lowest BCUT2D eigenvalue weighted by Gasteiger charge is -2.32. The Hall–Kier alpha value is -3.06. The molecule has 3 aromatic carbocycles. The van der Waals surface area contributed by atoms with Crippen molar-refractivity contribution in [1.29, 1.82) is 0 Å². The number of benzene rings is 3. The van der Waals surface area contributed by atoms with Gasteiger partial charge >= 0.3 is 0 Å². The van der Waals surface area contributed by atoms with Gasteiger partial charge in [-0.2, -0.15) is 0 Å². The molecule has 1 N–H and O–H groups in total. The highest BCUT2D eigenvalue weighted by Gasteiger charge is 2.28. The summed E-state index contributed by atoms with van der Waals surface area (Å²) < 4.78 is 0. The summed E-state index contributed by atoms with van der Waals surface area (Å²) in [6, 6.07) is 27.8. The van der Waals surface area contributed by atoms with Crippen LogP contribution in [0.2, 0.25) is 0 Å². The SMILES string of the molecule is C=C1/C=C(/c2ccccc2)CNc2ccc(-c3ccccc3)cc2C1(C)C. The monoisotopic (exact) mass is 351 g/mol. The smallest absolute Gasteiger partial charge is 0.0406 e. The molecule has 0 amide bonds. The summed E-state index contributed by atoms with van der Waals surface area (Å²) in [6.45, 7) is 9.75. The second-order valence-corrected chi connectivity index (χ2v) is 7.67. The average molecular weight is 351 g/mol. The summed E-state index contributed by atoms with van der Waals surface area (Å²) in [6.07, 6.45) is 2.25. The van der Waals surface area contributed by atoms with Gasteiger partial charge in [-0.05, 0) is 45.5 Å². The van der Waals surface area contributed by atoms with Crippen LogP contribution in [0, 0.1) is 0 Å². The lowest BCUT2D eigenvalue weighted by molar-refractivity contribution is 0.642. The van der Waals surface area contributed by atoms with E-state index in [-0.39, 0.29) is 5.41 Å². The number of hydrogen-bond donors (Lipinski definition) is 1. The van der Waals surface area contributed by atoms with E-state index in [1.807, 2.05) is 0 Å². The Labute approximate surface area is 162 Å². The van der Waals surface area contributed by atoms with E-state index in [1.165, 1.54) is 33.5 Å². The molecular formula is C26H25N. The van der Waals surface area contributed by atoms with Crippen LogP contribution in [-0.2, 0) is 5.41 Å². The van der Waals surface area contributed by atoms with Gasteiger partial charge in [-0.15, -0.1) is 0 Å². The molecule has 1 nitrogen and oxygen atoms in total. The topological polar surface area (TPSA) is 12.0 Å². The van der Waals surface area contributed by atoms with Crippen LogP contribution in [0.3, 0.4) is 0 Å². The van der Waals surface area contributed by atoms with Crippen LogP contribution in [0.25, 0.3) is 16.7 Å². The fourth-order valence-corrected chi connectivity index (χ4v) is 3.67. The van der Waals surface area contributed by atoms with Crippen molar-refractivity contribution in [3.63, 3.8) is 0 Å². The van der Waals surface area contributed by atoms with Crippen molar-refractivity contribution in [3.8, 4) is 11.1 Å². The molecule has 0 unspecified atom stereocenters. The molecule has 0 saturated heterocycles. The van der Waals surface area contributed by atoms with Crippen molar-refractivity contribution < 1.29 is 0 Å². The maximum atomic E-state index is 4.44. The molecule has 3 aromatic rings. The Morgan fingerprint density at radius 3 is 2.07 bits per heavy atom. The molecule has 134 valence electrons. The summed E-state index contributed by atoms with van der Waals surface area (Å²) >= 11 is 0. The van der Waals surface area contributed by atoms with Crippen LogP contribution in [0.15, 0.2) is 97.1 Å². The molecule has 0 spiro atoms. The maximum Gasteiger partial charge on any atom is 0.0406 e. The number of nitrogens with one attached hydrogen (secondary N) is 1. The first-order valence-corrected chi connectivity index (χ1v) is 9.45. The third kappa shape index (κ3) is 3.33. The van der Waals surface area contributed by atoms with E-state index in [1.54, 1.807) is 0 Å². The van der Waals surface area contributed by atoms with Gasteiger partial charge in [0.15, 0.2) is 0 Å². The van der Waals surface area contributed by atoms with E-state index in [9.17, 15) is 0 Å². The molecule has 0 aromatic heterocycles. The van der Waals surface area contributed by atoms with Gasteiger partial charge in [-0.3, -0.25) is 0 Å². The molecular weight excluding hydrogens is 326 g/mol. The lowest BCUT2D eigenvalue weighted by Crippen LogP contribution is -2.24. The predicted molar refractivity (Wildman–Crippen MR) is 117 cm³/mol. The second kappa shape index (κ2) is 6.92. The maximum absolute atomic E-state index is 4.44. The van der Waals surface area contributed by atoms with Gasteiger partial charge in [-0.1, -0.05) is 93.2 Å². The van der Waals surface area contributed by atoms with Gasteiger partial charge in [0.1, 0.15) is 0 Å². The molecule has 0 saturated carbocycles. The van der Waals surface area contributed by atoms with E-state index in [0.717, 1.165) is 12.1 Å². The van der Waals surface area contributed by atoms with Crippen LogP contribution in [-0.4, -0.2) is 6.54 Å². The second-order valence-electron chi connectivity index (χ2n) is 7.67. The molecule has 0 radical (unpaired) electrons. The number of hydrogen-bond acceptors (Lipinski definition) is 1. The molecule has 0 aliphatic carbocycles. The Bertz CT molecular complexity index is 995. The molecule has 1 aliphatic rings.